The van der Waals surface area contributed by atoms with Crippen LogP contribution < -0.4 is 5.32 Å². The van der Waals surface area contributed by atoms with Gasteiger partial charge in [-0.2, -0.15) is 21.6 Å². The number of rotatable bonds is 7. The van der Waals surface area contributed by atoms with Gasteiger partial charge in [-0.25, -0.2) is 4.79 Å². The molecule has 140 valence electrons. The standard InChI is InChI=1S/C14H16F3NO6S/c1-2-24-13(20)10(8-25(21,22)23)18-12(19)11(14(15,16)17)9-6-4-3-5-7-9/h3-7,10-11H,2,8H2,1H3,(H,18,19)(H,21,22,23). The molecule has 7 nitrogen and oxygen atoms in total. The maximum absolute atomic E-state index is 13.2. The monoisotopic (exact) mass is 383 g/mol. The molecule has 2 unspecified atom stereocenters. The molecule has 0 radical (unpaired) electrons. The van der Waals surface area contributed by atoms with E-state index >= 15 is 0 Å². The minimum atomic E-state index is -4.98. The highest BCUT2D eigenvalue weighted by Crippen LogP contribution is 2.35. The molecule has 1 rings (SSSR count). The lowest BCUT2D eigenvalue weighted by Crippen LogP contribution is -2.49. The Morgan fingerprint density at radius 2 is 1.80 bits per heavy atom. The lowest BCUT2D eigenvalue weighted by atomic mass is 9.97. The Labute approximate surface area is 141 Å². The van der Waals surface area contributed by atoms with E-state index in [2.05, 4.69) is 4.74 Å². The van der Waals surface area contributed by atoms with Gasteiger partial charge in [-0.15, -0.1) is 0 Å². The van der Waals surface area contributed by atoms with Crippen molar-refractivity contribution in [3.8, 4) is 0 Å². The molecule has 25 heavy (non-hydrogen) atoms. The molecule has 0 bridgehead atoms. The summed E-state index contributed by atoms with van der Waals surface area (Å²) in [5.74, 6) is -6.84. The molecule has 0 spiro atoms. The van der Waals surface area contributed by atoms with Crippen LogP contribution in [0.4, 0.5) is 13.2 Å². The van der Waals surface area contributed by atoms with Gasteiger partial charge in [0.05, 0.1) is 6.61 Å². The maximum Gasteiger partial charge on any atom is 0.404 e. The number of ether oxygens (including phenoxy) is 1. The Kier molecular flexibility index (Phi) is 6.94. The van der Waals surface area contributed by atoms with Crippen molar-refractivity contribution < 1.29 is 40.5 Å². The third-order valence-corrected chi connectivity index (χ3v) is 3.74. The van der Waals surface area contributed by atoms with E-state index in [1.54, 1.807) is 5.32 Å². The second-order valence-electron chi connectivity index (χ2n) is 4.95. The summed E-state index contributed by atoms with van der Waals surface area (Å²) >= 11 is 0. The van der Waals surface area contributed by atoms with Crippen LogP contribution in [0.25, 0.3) is 0 Å². The molecule has 1 amide bonds. The number of alkyl halides is 3. The van der Waals surface area contributed by atoms with E-state index < -0.39 is 45.9 Å². The molecule has 0 aliphatic carbocycles. The number of nitrogens with one attached hydrogen (secondary N) is 1. The van der Waals surface area contributed by atoms with Gasteiger partial charge in [-0.3, -0.25) is 9.35 Å². The summed E-state index contributed by atoms with van der Waals surface area (Å²) in [7, 11) is -4.75. The van der Waals surface area contributed by atoms with Crippen molar-refractivity contribution in [1.29, 1.82) is 0 Å². The van der Waals surface area contributed by atoms with E-state index in [1.807, 2.05) is 0 Å². The van der Waals surface area contributed by atoms with Gasteiger partial charge in [0.15, 0.2) is 5.92 Å². The molecule has 0 aliphatic rings. The highest BCUT2D eigenvalue weighted by atomic mass is 32.2. The average Bonchev–Trinajstić information content (AvgIpc) is 2.45. The van der Waals surface area contributed by atoms with E-state index in [9.17, 15) is 31.2 Å². The molecule has 2 atom stereocenters. The Hall–Kier alpha value is -2.14. The van der Waals surface area contributed by atoms with Gasteiger partial charge in [0.25, 0.3) is 10.1 Å². The number of halogens is 3. The third-order valence-electron chi connectivity index (χ3n) is 2.99. The number of hydrogen-bond donors (Lipinski definition) is 2. The van der Waals surface area contributed by atoms with E-state index in [0.717, 1.165) is 12.1 Å². The molecular weight excluding hydrogens is 367 g/mol. The molecule has 0 heterocycles. The largest absolute Gasteiger partial charge is 0.464 e. The molecule has 1 aromatic carbocycles. The Balaban J connectivity index is 3.11. The minimum absolute atomic E-state index is 0.196. The topological polar surface area (TPSA) is 110 Å². The van der Waals surface area contributed by atoms with Crippen LogP contribution in [-0.2, 0) is 24.4 Å². The normalized spacial score (nSPS) is 14.4. The van der Waals surface area contributed by atoms with E-state index in [4.69, 9.17) is 4.55 Å². The van der Waals surface area contributed by atoms with Crippen molar-refractivity contribution in [3.63, 3.8) is 0 Å². The van der Waals surface area contributed by atoms with Gasteiger partial charge >= 0.3 is 12.1 Å². The average molecular weight is 383 g/mol. The predicted octanol–water partition coefficient (Wildman–Crippen LogP) is 1.27. The smallest absolute Gasteiger partial charge is 0.404 e. The predicted molar refractivity (Wildman–Crippen MR) is 80.2 cm³/mol. The first-order valence-electron chi connectivity index (χ1n) is 6.99. The number of esters is 1. The first-order chi connectivity index (χ1) is 11.5. The van der Waals surface area contributed by atoms with Crippen molar-refractivity contribution in [2.75, 3.05) is 12.4 Å². The van der Waals surface area contributed by atoms with Crippen LogP contribution in [-0.4, -0.2) is 49.4 Å². The molecule has 2 N–H and O–H groups in total. The van der Waals surface area contributed by atoms with Crippen molar-refractivity contribution in [2.45, 2.75) is 25.1 Å². The Morgan fingerprint density at radius 3 is 2.24 bits per heavy atom. The molecule has 0 saturated carbocycles. The second kappa shape index (κ2) is 8.30. The number of amides is 1. The van der Waals surface area contributed by atoms with Crippen molar-refractivity contribution in [2.24, 2.45) is 0 Å². The zero-order chi connectivity index (χ0) is 19.3. The fourth-order valence-electron chi connectivity index (χ4n) is 2.01. The summed E-state index contributed by atoms with van der Waals surface area (Å²) in [5, 5.41) is 1.69. The molecule has 0 aromatic heterocycles. The zero-order valence-electron chi connectivity index (χ0n) is 13.0. The van der Waals surface area contributed by atoms with Crippen LogP contribution in [0.15, 0.2) is 30.3 Å². The Bertz CT molecular complexity index is 705. The van der Waals surface area contributed by atoms with E-state index in [0.29, 0.717) is 0 Å². The summed E-state index contributed by atoms with van der Waals surface area (Å²) in [5.41, 5.74) is -0.387. The molecule has 11 heteroatoms. The van der Waals surface area contributed by atoms with Crippen molar-refractivity contribution >= 4 is 22.0 Å². The number of benzene rings is 1. The second-order valence-corrected chi connectivity index (χ2v) is 6.44. The van der Waals surface area contributed by atoms with Gasteiger partial charge in [0.1, 0.15) is 11.8 Å². The van der Waals surface area contributed by atoms with Crippen LogP contribution in [0.3, 0.4) is 0 Å². The van der Waals surface area contributed by atoms with Gasteiger partial charge in [0, 0.05) is 0 Å². The number of carbonyl (C=O) groups excluding carboxylic acids is 2. The first-order valence-corrected chi connectivity index (χ1v) is 8.60. The fourth-order valence-corrected chi connectivity index (χ4v) is 2.65. The first kappa shape index (κ1) is 20.9. The summed E-state index contributed by atoms with van der Waals surface area (Å²) in [6.45, 7) is 1.19. The highest BCUT2D eigenvalue weighted by molar-refractivity contribution is 7.85. The van der Waals surface area contributed by atoms with Crippen LogP contribution >= 0.6 is 0 Å². The number of carbonyl (C=O) groups is 2. The number of hydrogen-bond acceptors (Lipinski definition) is 5. The van der Waals surface area contributed by atoms with Gasteiger partial charge in [-0.1, -0.05) is 30.3 Å². The summed E-state index contributed by atoms with van der Waals surface area (Å²) < 4.78 is 75.0. The minimum Gasteiger partial charge on any atom is -0.464 e. The van der Waals surface area contributed by atoms with Crippen molar-refractivity contribution in [1.82, 2.24) is 5.32 Å². The van der Waals surface area contributed by atoms with Crippen LogP contribution in [0, 0.1) is 0 Å². The van der Waals surface area contributed by atoms with Gasteiger partial charge < -0.3 is 10.1 Å². The van der Waals surface area contributed by atoms with Crippen LogP contribution in [0.5, 0.6) is 0 Å². The van der Waals surface area contributed by atoms with Crippen LogP contribution in [0.1, 0.15) is 18.4 Å². The summed E-state index contributed by atoms with van der Waals surface area (Å²) in [4.78, 5) is 23.8. The molecule has 1 aromatic rings. The molecular formula is C14H16F3NO6S. The SMILES string of the molecule is CCOC(=O)C(CS(=O)(=O)O)NC(=O)C(c1ccccc1)C(F)(F)F. The van der Waals surface area contributed by atoms with E-state index in [1.165, 1.54) is 25.1 Å². The quantitative estimate of drug-likeness (QED) is 0.542. The lowest BCUT2D eigenvalue weighted by molar-refractivity contribution is -0.167. The molecule has 0 aliphatic heterocycles. The Morgan fingerprint density at radius 1 is 1.24 bits per heavy atom. The van der Waals surface area contributed by atoms with Crippen LogP contribution in [0.2, 0.25) is 0 Å². The third kappa shape index (κ3) is 6.70. The maximum atomic E-state index is 13.2. The molecule has 0 fully saturated rings. The van der Waals surface area contributed by atoms with Crippen molar-refractivity contribution in [3.05, 3.63) is 35.9 Å². The van der Waals surface area contributed by atoms with Gasteiger partial charge in [-0.05, 0) is 12.5 Å². The zero-order valence-corrected chi connectivity index (χ0v) is 13.8. The molecule has 0 saturated heterocycles. The highest BCUT2D eigenvalue weighted by Gasteiger charge is 2.47. The van der Waals surface area contributed by atoms with E-state index in [-0.39, 0.29) is 12.2 Å². The van der Waals surface area contributed by atoms with Gasteiger partial charge in [0.2, 0.25) is 5.91 Å². The summed E-state index contributed by atoms with van der Waals surface area (Å²) in [6.07, 6.45) is -4.98. The fraction of sp³-hybridized carbons (Fsp3) is 0.429. The lowest BCUT2D eigenvalue weighted by Gasteiger charge is -2.23. The summed E-state index contributed by atoms with van der Waals surface area (Å²) in [6, 6.07) is 4.20.